The van der Waals surface area contributed by atoms with Gasteiger partial charge in [0.25, 0.3) is 0 Å². The molecule has 0 aromatic carbocycles. The Labute approximate surface area is 89.7 Å². The van der Waals surface area contributed by atoms with Gasteiger partial charge >= 0.3 is 0 Å². The average Bonchev–Trinajstić information content (AvgIpc) is 2.83. The number of H-pyrrole nitrogens is 1. The first-order chi connectivity index (χ1) is 7.34. The van der Waals surface area contributed by atoms with Gasteiger partial charge in [0.1, 0.15) is 0 Å². The zero-order valence-electron chi connectivity index (χ0n) is 7.55. The number of nitrogens with zero attached hydrogens (tertiary/aromatic N) is 4. The summed E-state index contributed by atoms with van der Waals surface area (Å²) in [6.07, 6.45) is 5.22. The molecule has 15 heavy (non-hydrogen) atoms. The number of halogens is 1. The van der Waals surface area contributed by atoms with Gasteiger partial charge in [0.2, 0.25) is 5.28 Å². The summed E-state index contributed by atoms with van der Waals surface area (Å²) >= 11 is 5.74. The van der Waals surface area contributed by atoms with E-state index in [4.69, 9.17) is 11.6 Å². The molecular formula is C9H6ClN5. The van der Waals surface area contributed by atoms with Crippen LogP contribution >= 0.6 is 11.6 Å². The lowest BCUT2D eigenvalue weighted by molar-refractivity contribution is 0.911. The summed E-state index contributed by atoms with van der Waals surface area (Å²) in [6.45, 7) is 0. The number of rotatable bonds is 1. The van der Waals surface area contributed by atoms with E-state index in [0.717, 1.165) is 16.8 Å². The fourth-order valence-corrected chi connectivity index (χ4v) is 1.62. The number of hydrogen-bond donors (Lipinski definition) is 1. The number of aromatic amines is 1. The quantitative estimate of drug-likeness (QED) is 0.679. The smallest absolute Gasteiger partial charge is 0.241 e. The normalized spacial score (nSPS) is 11.0. The molecule has 0 saturated heterocycles. The summed E-state index contributed by atoms with van der Waals surface area (Å²) in [6, 6.07) is 3.88. The van der Waals surface area contributed by atoms with E-state index in [9.17, 15) is 0 Å². The molecule has 0 unspecified atom stereocenters. The van der Waals surface area contributed by atoms with Gasteiger partial charge in [-0.05, 0) is 23.7 Å². The SMILES string of the molecule is Clc1ncc2ccc(-c3cn[nH]c3)n2n1. The van der Waals surface area contributed by atoms with Crippen LogP contribution in [0.5, 0.6) is 0 Å². The van der Waals surface area contributed by atoms with E-state index in [1.807, 2.05) is 12.1 Å². The minimum absolute atomic E-state index is 0.225. The van der Waals surface area contributed by atoms with E-state index in [0.29, 0.717) is 0 Å². The molecule has 0 aliphatic heterocycles. The third-order valence-electron chi connectivity index (χ3n) is 2.16. The zero-order chi connectivity index (χ0) is 10.3. The lowest BCUT2D eigenvalue weighted by Crippen LogP contribution is -1.95. The van der Waals surface area contributed by atoms with Crippen LogP contribution in [0.4, 0.5) is 0 Å². The van der Waals surface area contributed by atoms with Crippen molar-refractivity contribution in [3.8, 4) is 11.3 Å². The van der Waals surface area contributed by atoms with Crippen LogP contribution < -0.4 is 0 Å². The van der Waals surface area contributed by atoms with Gasteiger partial charge in [-0.2, -0.15) is 5.10 Å². The largest absolute Gasteiger partial charge is 0.285 e. The molecule has 3 aromatic heterocycles. The second kappa shape index (κ2) is 3.06. The molecule has 0 radical (unpaired) electrons. The first kappa shape index (κ1) is 8.43. The third-order valence-corrected chi connectivity index (χ3v) is 2.34. The first-order valence-corrected chi connectivity index (χ1v) is 4.72. The van der Waals surface area contributed by atoms with Crippen molar-refractivity contribution >= 4 is 17.1 Å². The van der Waals surface area contributed by atoms with Crippen molar-refractivity contribution in [2.24, 2.45) is 0 Å². The van der Waals surface area contributed by atoms with Crippen molar-refractivity contribution in [1.29, 1.82) is 0 Å². The van der Waals surface area contributed by atoms with Gasteiger partial charge in [-0.3, -0.25) is 5.10 Å². The molecular weight excluding hydrogens is 214 g/mol. The second-order valence-electron chi connectivity index (χ2n) is 3.07. The number of aromatic nitrogens is 5. The van der Waals surface area contributed by atoms with Crippen LogP contribution in [0.25, 0.3) is 16.8 Å². The maximum absolute atomic E-state index is 5.74. The van der Waals surface area contributed by atoms with E-state index in [-0.39, 0.29) is 5.28 Å². The van der Waals surface area contributed by atoms with Crippen LogP contribution in [0.1, 0.15) is 0 Å². The Hall–Kier alpha value is -1.88. The lowest BCUT2D eigenvalue weighted by atomic mass is 10.3. The Morgan fingerprint density at radius 2 is 2.20 bits per heavy atom. The van der Waals surface area contributed by atoms with Crippen molar-refractivity contribution in [2.45, 2.75) is 0 Å². The lowest BCUT2D eigenvalue weighted by Gasteiger charge is -1.98. The Bertz CT molecular complexity index is 598. The highest BCUT2D eigenvalue weighted by atomic mass is 35.5. The third kappa shape index (κ3) is 1.28. The average molecular weight is 220 g/mol. The molecule has 0 spiro atoms. The van der Waals surface area contributed by atoms with Gasteiger partial charge in [-0.25, -0.2) is 9.50 Å². The van der Waals surface area contributed by atoms with Crippen LogP contribution in [0.3, 0.4) is 0 Å². The maximum Gasteiger partial charge on any atom is 0.241 e. The fraction of sp³-hybridized carbons (Fsp3) is 0. The molecule has 3 rings (SSSR count). The van der Waals surface area contributed by atoms with Crippen molar-refractivity contribution in [1.82, 2.24) is 24.8 Å². The van der Waals surface area contributed by atoms with Gasteiger partial charge in [0.05, 0.1) is 23.6 Å². The number of fused-ring (bicyclic) bond motifs is 1. The molecule has 0 saturated carbocycles. The van der Waals surface area contributed by atoms with E-state index in [2.05, 4.69) is 20.3 Å². The predicted molar refractivity (Wildman–Crippen MR) is 55.6 cm³/mol. The minimum atomic E-state index is 0.225. The molecule has 3 heterocycles. The summed E-state index contributed by atoms with van der Waals surface area (Å²) in [7, 11) is 0. The zero-order valence-corrected chi connectivity index (χ0v) is 8.31. The molecule has 0 aliphatic rings. The van der Waals surface area contributed by atoms with Crippen LogP contribution in [0.15, 0.2) is 30.7 Å². The Morgan fingerprint density at radius 1 is 1.27 bits per heavy atom. The van der Waals surface area contributed by atoms with Crippen molar-refractivity contribution in [3.05, 3.63) is 36.0 Å². The van der Waals surface area contributed by atoms with Gasteiger partial charge in [0, 0.05) is 11.8 Å². The molecule has 0 atom stereocenters. The summed E-state index contributed by atoms with van der Waals surface area (Å²) < 4.78 is 1.74. The number of nitrogens with one attached hydrogen (secondary N) is 1. The minimum Gasteiger partial charge on any atom is -0.285 e. The molecule has 1 N–H and O–H groups in total. The second-order valence-corrected chi connectivity index (χ2v) is 3.41. The Balaban J connectivity index is 2.32. The van der Waals surface area contributed by atoms with Crippen molar-refractivity contribution < 1.29 is 0 Å². The maximum atomic E-state index is 5.74. The van der Waals surface area contributed by atoms with E-state index in [1.54, 1.807) is 23.1 Å². The molecule has 3 aromatic rings. The van der Waals surface area contributed by atoms with Gasteiger partial charge in [-0.15, -0.1) is 5.10 Å². The fourth-order valence-electron chi connectivity index (χ4n) is 1.49. The monoisotopic (exact) mass is 219 g/mol. The predicted octanol–water partition coefficient (Wildman–Crippen LogP) is 1.77. The Morgan fingerprint density at radius 3 is 3.00 bits per heavy atom. The van der Waals surface area contributed by atoms with Gasteiger partial charge < -0.3 is 0 Å². The molecule has 0 bridgehead atoms. The van der Waals surface area contributed by atoms with Crippen LogP contribution in [-0.2, 0) is 0 Å². The van der Waals surface area contributed by atoms with Crippen LogP contribution in [0.2, 0.25) is 5.28 Å². The van der Waals surface area contributed by atoms with Gasteiger partial charge in [0.15, 0.2) is 0 Å². The van der Waals surface area contributed by atoms with Gasteiger partial charge in [-0.1, -0.05) is 0 Å². The highest BCUT2D eigenvalue weighted by molar-refractivity contribution is 6.28. The molecule has 74 valence electrons. The summed E-state index contributed by atoms with van der Waals surface area (Å²) in [5, 5.41) is 11.0. The molecule has 0 amide bonds. The molecule has 5 nitrogen and oxygen atoms in total. The topological polar surface area (TPSA) is 58.9 Å². The van der Waals surface area contributed by atoms with E-state index in [1.165, 1.54) is 0 Å². The van der Waals surface area contributed by atoms with Crippen LogP contribution in [0, 0.1) is 0 Å². The number of hydrogen-bond acceptors (Lipinski definition) is 3. The summed E-state index contributed by atoms with van der Waals surface area (Å²) in [5.74, 6) is 0. The Kier molecular flexibility index (Phi) is 1.72. The highest BCUT2D eigenvalue weighted by Crippen LogP contribution is 2.20. The summed E-state index contributed by atoms with van der Waals surface area (Å²) in [5.41, 5.74) is 2.79. The van der Waals surface area contributed by atoms with Crippen LogP contribution in [-0.4, -0.2) is 24.8 Å². The highest BCUT2D eigenvalue weighted by Gasteiger charge is 2.06. The first-order valence-electron chi connectivity index (χ1n) is 4.34. The van der Waals surface area contributed by atoms with Crippen molar-refractivity contribution in [2.75, 3.05) is 0 Å². The molecule has 0 fully saturated rings. The molecule has 0 aliphatic carbocycles. The van der Waals surface area contributed by atoms with Crippen molar-refractivity contribution in [3.63, 3.8) is 0 Å². The molecule has 6 heteroatoms. The standard InChI is InChI=1S/C9H6ClN5/c10-9-11-5-7-1-2-8(15(7)14-9)6-3-12-13-4-6/h1-5H,(H,12,13). The summed E-state index contributed by atoms with van der Waals surface area (Å²) in [4.78, 5) is 3.91. The van der Waals surface area contributed by atoms with E-state index >= 15 is 0 Å². The van der Waals surface area contributed by atoms with E-state index < -0.39 is 0 Å².